The van der Waals surface area contributed by atoms with Crippen LogP contribution in [-0.2, 0) is 0 Å². The number of rotatable bonds is 7. The van der Waals surface area contributed by atoms with E-state index < -0.39 is 0 Å². The molecule has 13 heavy (non-hydrogen) atoms. The molecule has 0 aliphatic rings. The number of nitrogens with two attached hydrogens (primary N) is 3. The Labute approximate surface area is 81.4 Å². The lowest BCUT2D eigenvalue weighted by Crippen LogP contribution is -2.42. The van der Waals surface area contributed by atoms with E-state index in [9.17, 15) is 0 Å². The van der Waals surface area contributed by atoms with Crippen molar-refractivity contribution in [2.45, 2.75) is 31.3 Å². The van der Waals surface area contributed by atoms with Crippen molar-refractivity contribution in [3.05, 3.63) is 0 Å². The summed E-state index contributed by atoms with van der Waals surface area (Å²) in [6.07, 6.45) is 2.91. The molecular weight excluding hydrogens is 164 g/mol. The summed E-state index contributed by atoms with van der Waals surface area (Å²) in [6.45, 7) is 1.70. The van der Waals surface area contributed by atoms with E-state index >= 15 is 0 Å². The van der Waals surface area contributed by atoms with Crippen LogP contribution in [0.2, 0.25) is 0 Å². The van der Waals surface area contributed by atoms with Crippen LogP contribution in [0, 0.1) is 0 Å². The standard InChI is InChI=1S/C9H24N4/c1-13(2)7-3-4-8(11)9(12)5-6-10/h8-9H,3-7,10-12H2,1-2H3. The Morgan fingerprint density at radius 2 is 1.62 bits per heavy atom. The third-order valence-electron chi connectivity index (χ3n) is 2.19. The van der Waals surface area contributed by atoms with Gasteiger partial charge in [0.2, 0.25) is 0 Å². The van der Waals surface area contributed by atoms with Crippen LogP contribution in [0.25, 0.3) is 0 Å². The van der Waals surface area contributed by atoms with Crippen LogP contribution in [0.3, 0.4) is 0 Å². The lowest BCUT2D eigenvalue weighted by Gasteiger charge is -2.19. The van der Waals surface area contributed by atoms with Crippen LogP contribution in [0.1, 0.15) is 19.3 Å². The van der Waals surface area contributed by atoms with E-state index in [0.717, 1.165) is 25.8 Å². The summed E-state index contributed by atoms with van der Waals surface area (Å²) in [6, 6.07) is 0.163. The van der Waals surface area contributed by atoms with Crippen LogP contribution in [0.4, 0.5) is 0 Å². The van der Waals surface area contributed by atoms with Crippen molar-refractivity contribution >= 4 is 0 Å². The molecule has 0 saturated carbocycles. The number of nitrogens with zero attached hydrogens (tertiary/aromatic N) is 1. The Bertz CT molecular complexity index is 116. The topological polar surface area (TPSA) is 81.3 Å². The lowest BCUT2D eigenvalue weighted by atomic mass is 10.0. The van der Waals surface area contributed by atoms with Gasteiger partial charge in [0, 0.05) is 12.1 Å². The molecule has 4 nitrogen and oxygen atoms in total. The van der Waals surface area contributed by atoms with Gasteiger partial charge in [0.15, 0.2) is 0 Å². The molecule has 0 bridgehead atoms. The molecule has 0 saturated heterocycles. The first-order valence-electron chi connectivity index (χ1n) is 4.94. The van der Waals surface area contributed by atoms with Crippen molar-refractivity contribution in [3.63, 3.8) is 0 Å². The molecule has 0 heterocycles. The first kappa shape index (κ1) is 12.8. The van der Waals surface area contributed by atoms with Crippen LogP contribution in [0.15, 0.2) is 0 Å². The molecule has 0 aliphatic carbocycles. The van der Waals surface area contributed by atoms with Gasteiger partial charge in [0.25, 0.3) is 0 Å². The third kappa shape index (κ3) is 6.95. The Hall–Kier alpha value is -0.160. The van der Waals surface area contributed by atoms with Gasteiger partial charge < -0.3 is 22.1 Å². The Balaban J connectivity index is 3.43. The molecule has 0 aromatic carbocycles. The highest BCUT2D eigenvalue weighted by Gasteiger charge is 2.11. The molecule has 6 N–H and O–H groups in total. The summed E-state index contributed by atoms with van der Waals surface area (Å²) in [7, 11) is 4.12. The minimum atomic E-state index is 0.0622. The van der Waals surface area contributed by atoms with Crippen molar-refractivity contribution in [1.29, 1.82) is 0 Å². The Morgan fingerprint density at radius 3 is 2.08 bits per heavy atom. The minimum absolute atomic E-state index is 0.0622. The quantitative estimate of drug-likeness (QED) is 0.495. The number of hydrogen-bond donors (Lipinski definition) is 3. The van der Waals surface area contributed by atoms with Crippen molar-refractivity contribution in [2.24, 2.45) is 17.2 Å². The molecule has 2 atom stereocenters. The fourth-order valence-corrected chi connectivity index (χ4v) is 1.26. The van der Waals surface area contributed by atoms with E-state index in [1.54, 1.807) is 0 Å². The van der Waals surface area contributed by atoms with Crippen molar-refractivity contribution in [1.82, 2.24) is 4.90 Å². The molecule has 4 heteroatoms. The zero-order chi connectivity index (χ0) is 10.3. The van der Waals surface area contributed by atoms with Gasteiger partial charge in [-0.05, 0) is 46.4 Å². The minimum Gasteiger partial charge on any atom is -0.330 e. The fraction of sp³-hybridized carbons (Fsp3) is 1.00. The molecule has 0 radical (unpaired) electrons. The maximum atomic E-state index is 5.89. The molecule has 0 aromatic heterocycles. The third-order valence-corrected chi connectivity index (χ3v) is 2.19. The average molecular weight is 188 g/mol. The molecule has 0 rings (SSSR count). The van der Waals surface area contributed by atoms with Gasteiger partial charge in [-0.1, -0.05) is 0 Å². The molecule has 2 unspecified atom stereocenters. The molecule has 0 spiro atoms. The summed E-state index contributed by atoms with van der Waals surface area (Å²) < 4.78 is 0. The van der Waals surface area contributed by atoms with Gasteiger partial charge in [-0.15, -0.1) is 0 Å². The highest BCUT2D eigenvalue weighted by Crippen LogP contribution is 2.01. The summed E-state index contributed by atoms with van der Waals surface area (Å²) in [4.78, 5) is 2.15. The highest BCUT2D eigenvalue weighted by atomic mass is 15.0. The van der Waals surface area contributed by atoms with E-state index in [1.807, 2.05) is 0 Å². The molecule has 0 fully saturated rings. The normalized spacial score (nSPS) is 16.2. The van der Waals surface area contributed by atoms with E-state index in [0.29, 0.717) is 6.54 Å². The number of hydrogen-bond acceptors (Lipinski definition) is 4. The SMILES string of the molecule is CN(C)CCCC(N)C(N)CCN. The Kier molecular flexibility index (Phi) is 7.17. The summed E-state index contributed by atoms with van der Waals surface area (Å²) in [5, 5.41) is 0. The zero-order valence-electron chi connectivity index (χ0n) is 8.87. The van der Waals surface area contributed by atoms with Crippen molar-refractivity contribution < 1.29 is 0 Å². The molecule has 80 valence electrons. The molecular formula is C9H24N4. The van der Waals surface area contributed by atoms with Crippen molar-refractivity contribution in [2.75, 3.05) is 27.2 Å². The molecule has 0 amide bonds. The van der Waals surface area contributed by atoms with Gasteiger partial charge in [0.1, 0.15) is 0 Å². The van der Waals surface area contributed by atoms with E-state index in [-0.39, 0.29) is 12.1 Å². The second-order valence-corrected chi connectivity index (χ2v) is 3.85. The van der Waals surface area contributed by atoms with Gasteiger partial charge in [-0.3, -0.25) is 0 Å². The van der Waals surface area contributed by atoms with Gasteiger partial charge in [-0.25, -0.2) is 0 Å². The van der Waals surface area contributed by atoms with Crippen LogP contribution in [0.5, 0.6) is 0 Å². The summed E-state index contributed by atoms with van der Waals surface area (Å²) >= 11 is 0. The predicted molar refractivity (Wildman–Crippen MR) is 57.4 cm³/mol. The van der Waals surface area contributed by atoms with Crippen LogP contribution < -0.4 is 17.2 Å². The Morgan fingerprint density at radius 1 is 1.08 bits per heavy atom. The monoisotopic (exact) mass is 188 g/mol. The fourth-order valence-electron chi connectivity index (χ4n) is 1.26. The second kappa shape index (κ2) is 7.26. The van der Waals surface area contributed by atoms with E-state index in [4.69, 9.17) is 17.2 Å². The van der Waals surface area contributed by atoms with Crippen molar-refractivity contribution in [3.8, 4) is 0 Å². The van der Waals surface area contributed by atoms with Gasteiger partial charge in [-0.2, -0.15) is 0 Å². The lowest BCUT2D eigenvalue weighted by molar-refractivity contribution is 0.370. The molecule has 0 aromatic rings. The summed E-state index contributed by atoms with van der Waals surface area (Å²) in [5.74, 6) is 0. The zero-order valence-corrected chi connectivity index (χ0v) is 8.87. The second-order valence-electron chi connectivity index (χ2n) is 3.85. The predicted octanol–water partition coefficient (Wildman–Crippen LogP) is -0.668. The van der Waals surface area contributed by atoms with E-state index in [1.165, 1.54) is 0 Å². The van der Waals surface area contributed by atoms with Crippen LogP contribution >= 0.6 is 0 Å². The average Bonchev–Trinajstić information content (AvgIpc) is 2.04. The van der Waals surface area contributed by atoms with Crippen LogP contribution in [-0.4, -0.2) is 44.2 Å². The maximum absolute atomic E-state index is 5.89. The smallest absolute Gasteiger partial charge is 0.0204 e. The first-order valence-corrected chi connectivity index (χ1v) is 4.94. The summed E-state index contributed by atoms with van der Waals surface area (Å²) in [5.41, 5.74) is 17.1. The van der Waals surface area contributed by atoms with E-state index in [2.05, 4.69) is 19.0 Å². The first-order chi connectivity index (χ1) is 6.07. The van der Waals surface area contributed by atoms with Gasteiger partial charge in [0.05, 0.1) is 0 Å². The highest BCUT2D eigenvalue weighted by molar-refractivity contribution is 4.76. The van der Waals surface area contributed by atoms with Gasteiger partial charge >= 0.3 is 0 Å². The maximum Gasteiger partial charge on any atom is 0.0204 e. The largest absolute Gasteiger partial charge is 0.330 e. The molecule has 0 aliphatic heterocycles.